The van der Waals surface area contributed by atoms with E-state index in [2.05, 4.69) is 57.1 Å². The second-order valence-corrected chi connectivity index (χ2v) is 7.00. The highest BCUT2D eigenvalue weighted by Crippen LogP contribution is 2.36. The topological polar surface area (TPSA) is 43.6 Å². The van der Waals surface area contributed by atoms with Gasteiger partial charge in [0.25, 0.3) is 0 Å². The molecule has 0 aliphatic rings. The van der Waals surface area contributed by atoms with Crippen molar-refractivity contribution in [2.75, 3.05) is 0 Å². The minimum Gasteiger partial charge on any atom is -0.331 e. The van der Waals surface area contributed by atoms with Crippen LogP contribution in [0.15, 0.2) is 22.9 Å². The lowest BCUT2D eigenvalue weighted by molar-refractivity contribution is 0.886. The third-order valence-electron chi connectivity index (χ3n) is 4.31. The first kappa shape index (κ1) is 14.5. The number of imidazole rings is 1. The Morgan fingerprint density at radius 2 is 1.52 bits per heavy atom. The SMILES string of the molecule is Cc1nscc1-c1cc(-c2csnc2C)c2nc(C)n(C)c2c1. The molecule has 0 spiro atoms. The van der Waals surface area contributed by atoms with E-state index >= 15 is 0 Å². The summed E-state index contributed by atoms with van der Waals surface area (Å²) in [6, 6.07) is 4.44. The van der Waals surface area contributed by atoms with Crippen LogP contribution in [0, 0.1) is 20.8 Å². The fourth-order valence-corrected chi connectivity index (χ4v) is 4.32. The number of aryl methyl sites for hydroxylation is 4. The van der Waals surface area contributed by atoms with Crippen molar-refractivity contribution in [2.24, 2.45) is 7.05 Å². The summed E-state index contributed by atoms with van der Waals surface area (Å²) < 4.78 is 11.0. The Bertz CT molecular complexity index is 1020. The number of nitrogens with zero attached hydrogens (tertiary/aromatic N) is 4. The van der Waals surface area contributed by atoms with Crippen molar-refractivity contribution in [3.63, 3.8) is 0 Å². The predicted molar refractivity (Wildman–Crippen MR) is 97.1 cm³/mol. The van der Waals surface area contributed by atoms with E-state index in [1.54, 1.807) is 0 Å². The van der Waals surface area contributed by atoms with E-state index in [1.165, 1.54) is 39.8 Å². The van der Waals surface area contributed by atoms with Gasteiger partial charge >= 0.3 is 0 Å². The normalized spacial score (nSPS) is 11.5. The molecule has 4 rings (SSSR count). The molecule has 0 aliphatic carbocycles. The zero-order valence-electron chi connectivity index (χ0n) is 13.4. The lowest BCUT2D eigenvalue weighted by atomic mass is 9.98. The summed E-state index contributed by atoms with van der Waals surface area (Å²) in [6.07, 6.45) is 0. The second kappa shape index (κ2) is 5.25. The molecule has 0 aliphatic heterocycles. The molecule has 4 aromatic rings. The number of rotatable bonds is 2. The van der Waals surface area contributed by atoms with Crippen LogP contribution in [0.5, 0.6) is 0 Å². The summed E-state index contributed by atoms with van der Waals surface area (Å²) in [6.45, 7) is 6.15. The molecule has 0 saturated heterocycles. The zero-order chi connectivity index (χ0) is 16.1. The Kier molecular flexibility index (Phi) is 3.32. The summed E-state index contributed by atoms with van der Waals surface area (Å²) >= 11 is 2.99. The first-order valence-corrected chi connectivity index (χ1v) is 9.03. The molecule has 0 amide bonds. The third-order valence-corrected chi connectivity index (χ3v) is 5.75. The highest BCUT2D eigenvalue weighted by atomic mass is 32.1. The average Bonchev–Trinajstić information content (AvgIpc) is 3.21. The van der Waals surface area contributed by atoms with Crippen LogP contribution in [0.2, 0.25) is 0 Å². The molecule has 3 aromatic heterocycles. The quantitative estimate of drug-likeness (QED) is 0.529. The zero-order valence-corrected chi connectivity index (χ0v) is 15.0. The largest absolute Gasteiger partial charge is 0.331 e. The number of aromatic nitrogens is 4. The van der Waals surface area contributed by atoms with Gasteiger partial charge in [-0.3, -0.25) is 0 Å². The maximum Gasteiger partial charge on any atom is 0.106 e. The van der Waals surface area contributed by atoms with Crippen LogP contribution in [0.1, 0.15) is 17.2 Å². The minimum atomic E-state index is 1.01. The monoisotopic (exact) mass is 340 g/mol. The molecule has 0 N–H and O–H groups in total. The smallest absolute Gasteiger partial charge is 0.106 e. The van der Waals surface area contributed by atoms with Gasteiger partial charge in [-0.05, 0) is 61.5 Å². The van der Waals surface area contributed by atoms with Crippen molar-refractivity contribution in [3.05, 3.63) is 40.1 Å². The lowest BCUT2D eigenvalue weighted by Gasteiger charge is -2.07. The summed E-state index contributed by atoms with van der Waals surface area (Å²) in [5.74, 6) is 1.01. The highest BCUT2D eigenvalue weighted by Gasteiger charge is 2.17. The van der Waals surface area contributed by atoms with Gasteiger partial charge in [0.05, 0.1) is 22.4 Å². The van der Waals surface area contributed by atoms with Crippen LogP contribution < -0.4 is 0 Å². The second-order valence-electron chi connectivity index (χ2n) is 5.74. The van der Waals surface area contributed by atoms with Gasteiger partial charge in [-0.2, -0.15) is 8.75 Å². The first-order chi connectivity index (χ1) is 11.1. The molecule has 4 nitrogen and oxygen atoms in total. The summed E-state index contributed by atoms with van der Waals surface area (Å²) in [7, 11) is 2.07. The highest BCUT2D eigenvalue weighted by molar-refractivity contribution is 7.04. The fraction of sp³-hybridized carbons (Fsp3) is 0.235. The fourth-order valence-electron chi connectivity index (χ4n) is 2.88. The van der Waals surface area contributed by atoms with Gasteiger partial charge < -0.3 is 4.57 Å². The molecule has 116 valence electrons. The van der Waals surface area contributed by atoms with Gasteiger partial charge in [0.1, 0.15) is 5.82 Å². The summed E-state index contributed by atoms with van der Waals surface area (Å²) in [5.41, 5.74) is 9.00. The maximum absolute atomic E-state index is 4.78. The molecular formula is C17H16N4S2. The number of benzene rings is 1. The Hall–Kier alpha value is -2.05. The van der Waals surface area contributed by atoms with E-state index in [0.717, 1.165) is 33.8 Å². The van der Waals surface area contributed by atoms with Crippen molar-refractivity contribution in [2.45, 2.75) is 20.8 Å². The van der Waals surface area contributed by atoms with Gasteiger partial charge in [0, 0.05) is 34.5 Å². The van der Waals surface area contributed by atoms with Crippen molar-refractivity contribution < 1.29 is 0 Å². The van der Waals surface area contributed by atoms with E-state index in [0.29, 0.717) is 0 Å². The molecule has 3 heterocycles. The standard InChI is InChI=1S/C17H16N4S2/c1-9-14(7-22-19-9)12-5-13(15-8-23-20-10(15)2)17-16(6-12)21(4)11(3)18-17/h5-8H,1-4H3. The van der Waals surface area contributed by atoms with Crippen LogP contribution in [-0.4, -0.2) is 18.3 Å². The van der Waals surface area contributed by atoms with Gasteiger partial charge in [0.15, 0.2) is 0 Å². The first-order valence-electron chi connectivity index (χ1n) is 7.36. The molecule has 0 saturated carbocycles. The number of hydrogen-bond acceptors (Lipinski definition) is 5. The third kappa shape index (κ3) is 2.21. The van der Waals surface area contributed by atoms with Crippen molar-refractivity contribution in [3.8, 4) is 22.3 Å². The molecule has 1 aromatic carbocycles. The molecule has 6 heteroatoms. The Balaban J connectivity index is 2.10. The minimum absolute atomic E-state index is 1.01. The van der Waals surface area contributed by atoms with E-state index in [-0.39, 0.29) is 0 Å². The molecule has 0 unspecified atom stereocenters. The van der Waals surface area contributed by atoms with Crippen molar-refractivity contribution >= 4 is 34.1 Å². The van der Waals surface area contributed by atoms with E-state index in [1.807, 2.05) is 6.92 Å². The number of hydrogen-bond donors (Lipinski definition) is 0. The lowest BCUT2D eigenvalue weighted by Crippen LogP contribution is -1.91. The molecule has 0 bridgehead atoms. The number of fused-ring (bicyclic) bond motifs is 1. The van der Waals surface area contributed by atoms with E-state index in [9.17, 15) is 0 Å². The van der Waals surface area contributed by atoms with Gasteiger partial charge in [-0.15, -0.1) is 0 Å². The van der Waals surface area contributed by atoms with Crippen LogP contribution in [-0.2, 0) is 7.05 Å². The summed E-state index contributed by atoms with van der Waals surface area (Å²) in [4.78, 5) is 4.78. The molecule has 23 heavy (non-hydrogen) atoms. The van der Waals surface area contributed by atoms with Crippen LogP contribution in [0.3, 0.4) is 0 Å². The van der Waals surface area contributed by atoms with Gasteiger partial charge in [-0.1, -0.05) is 0 Å². The van der Waals surface area contributed by atoms with Gasteiger partial charge in [-0.25, -0.2) is 4.98 Å². The van der Waals surface area contributed by atoms with E-state index in [4.69, 9.17) is 4.98 Å². The van der Waals surface area contributed by atoms with Crippen LogP contribution in [0.4, 0.5) is 0 Å². The Morgan fingerprint density at radius 1 is 0.870 bits per heavy atom. The predicted octanol–water partition coefficient (Wildman–Crippen LogP) is 4.75. The summed E-state index contributed by atoms with van der Waals surface area (Å²) in [5, 5.41) is 4.22. The van der Waals surface area contributed by atoms with Crippen LogP contribution >= 0.6 is 23.1 Å². The Morgan fingerprint density at radius 3 is 2.13 bits per heavy atom. The molecule has 0 atom stereocenters. The average molecular weight is 340 g/mol. The van der Waals surface area contributed by atoms with Gasteiger partial charge in [0.2, 0.25) is 0 Å². The molecule has 0 radical (unpaired) electrons. The Labute approximate surface area is 142 Å². The maximum atomic E-state index is 4.78. The van der Waals surface area contributed by atoms with Crippen molar-refractivity contribution in [1.82, 2.24) is 18.3 Å². The van der Waals surface area contributed by atoms with Crippen molar-refractivity contribution in [1.29, 1.82) is 0 Å². The molecular weight excluding hydrogens is 324 g/mol. The molecule has 0 fully saturated rings. The van der Waals surface area contributed by atoms with E-state index < -0.39 is 0 Å². The van der Waals surface area contributed by atoms with Crippen LogP contribution in [0.25, 0.3) is 33.3 Å².